The Hall–Kier alpha value is -3.66. The molecule has 2 amide bonds. The number of rotatable bonds is 6. The molecule has 0 spiro atoms. The Balaban J connectivity index is 1.37. The summed E-state index contributed by atoms with van der Waals surface area (Å²) in [4.78, 5) is 27.6. The number of nitrogens with one attached hydrogen (secondary N) is 1. The average Bonchev–Trinajstić information content (AvgIpc) is 2.87. The maximum Gasteiger partial charge on any atom is 0.246 e. The quantitative estimate of drug-likeness (QED) is 0.541. The minimum Gasteiger partial charge on any atom is -0.345 e. The normalized spacial score (nSPS) is 15.4. The van der Waals surface area contributed by atoms with Crippen LogP contribution in [0.25, 0.3) is 6.08 Å². The van der Waals surface area contributed by atoms with Crippen LogP contribution in [0.1, 0.15) is 41.1 Å². The van der Waals surface area contributed by atoms with E-state index in [-0.39, 0.29) is 23.8 Å². The van der Waals surface area contributed by atoms with E-state index in [0.717, 1.165) is 16.7 Å². The zero-order chi connectivity index (χ0) is 23.0. The van der Waals surface area contributed by atoms with E-state index in [9.17, 15) is 9.59 Å². The molecule has 1 aliphatic heterocycles. The minimum atomic E-state index is -0.187. The maximum absolute atomic E-state index is 13.2. The first-order valence-corrected chi connectivity index (χ1v) is 11.5. The molecule has 0 saturated carbocycles. The van der Waals surface area contributed by atoms with Crippen LogP contribution >= 0.6 is 0 Å². The number of hydrogen-bond acceptors (Lipinski definition) is 2. The first-order chi connectivity index (χ1) is 16.1. The van der Waals surface area contributed by atoms with Crippen molar-refractivity contribution in [3.63, 3.8) is 0 Å². The van der Waals surface area contributed by atoms with Crippen molar-refractivity contribution < 1.29 is 9.59 Å². The van der Waals surface area contributed by atoms with E-state index in [1.807, 2.05) is 71.6 Å². The summed E-state index contributed by atoms with van der Waals surface area (Å²) in [5.41, 5.74) is 4.32. The molecule has 168 valence electrons. The Morgan fingerprint density at radius 2 is 1.42 bits per heavy atom. The molecule has 0 aliphatic carbocycles. The lowest BCUT2D eigenvalue weighted by atomic mass is 9.93. The molecule has 1 aliphatic rings. The van der Waals surface area contributed by atoms with Crippen molar-refractivity contribution in [2.24, 2.45) is 5.92 Å². The molecule has 4 heteroatoms. The van der Waals surface area contributed by atoms with E-state index in [2.05, 4.69) is 36.5 Å². The molecule has 1 saturated heterocycles. The molecule has 3 aromatic carbocycles. The third-order valence-electron chi connectivity index (χ3n) is 6.23. The number of carbonyl (C=O) groups excluding carboxylic acids is 2. The fourth-order valence-corrected chi connectivity index (χ4v) is 4.22. The van der Waals surface area contributed by atoms with E-state index >= 15 is 0 Å². The molecular formula is C29H30N2O2. The third kappa shape index (κ3) is 5.98. The van der Waals surface area contributed by atoms with Gasteiger partial charge in [0.25, 0.3) is 0 Å². The summed E-state index contributed by atoms with van der Waals surface area (Å²) in [6, 6.07) is 28.0. The van der Waals surface area contributed by atoms with E-state index < -0.39 is 0 Å². The first kappa shape index (κ1) is 22.5. The highest BCUT2D eigenvalue weighted by molar-refractivity contribution is 5.92. The fraction of sp³-hybridized carbons (Fsp3) is 0.241. The second-order valence-corrected chi connectivity index (χ2v) is 8.61. The largest absolute Gasteiger partial charge is 0.345 e. The topological polar surface area (TPSA) is 49.4 Å². The van der Waals surface area contributed by atoms with Gasteiger partial charge in [0, 0.05) is 25.1 Å². The van der Waals surface area contributed by atoms with Crippen LogP contribution in [0.3, 0.4) is 0 Å². The summed E-state index contributed by atoms with van der Waals surface area (Å²) < 4.78 is 0. The second-order valence-electron chi connectivity index (χ2n) is 8.61. The first-order valence-electron chi connectivity index (χ1n) is 11.5. The van der Waals surface area contributed by atoms with Crippen LogP contribution in [0.5, 0.6) is 0 Å². The highest BCUT2D eigenvalue weighted by Crippen LogP contribution is 2.25. The predicted octanol–water partition coefficient (Wildman–Crippen LogP) is 5.15. The summed E-state index contributed by atoms with van der Waals surface area (Å²) in [5.74, 6) is -0.0419. The number of hydrogen-bond donors (Lipinski definition) is 1. The predicted molar refractivity (Wildman–Crippen MR) is 132 cm³/mol. The van der Waals surface area contributed by atoms with Gasteiger partial charge in [-0.15, -0.1) is 0 Å². The highest BCUT2D eigenvalue weighted by atomic mass is 16.2. The molecule has 33 heavy (non-hydrogen) atoms. The van der Waals surface area contributed by atoms with Gasteiger partial charge in [-0.2, -0.15) is 0 Å². The van der Waals surface area contributed by atoms with E-state index in [4.69, 9.17) is 0 Å². The molecule has 4 rings (SSSR count). The van der Waals surface area contributed by atoms with E-state index in [1.54, 1.807) is 6.08 Å². The SMILES string of the molecule is Cc1ccc(C(NC(=O)C2CCN(C(=O)/C=C/c3ccccc3)CC2)c2ccccc2)cc1. The molecule has 4 nitrogen and oxygen atoms in total. The third-order valence-corrected chi connectivity index (χ3v) is 6.23. The highest BCUT2D eigenvalue weighted by Gasteiger charge is 2.28. The van der Waals surface area contributed by atoms with Gasteiger partial charge in [-0.1, -0.05) is 90.5 Å². The average molecular weight is 439 g/mol. The fourth-order valence-electron chi connectivity index (χ4n) is 4.22. The second kappa shape index (κ2) is 10.8. The molecule has 0 aromatic heterocycles. The smallest absolute Gasteiger partial charge is 0.246 e. The number of likely N-dealkylation sites (tertiary alicyclic amines) is 1. The molecule has 1 N–H and O–H groups in total. The number of amides is 2. The number of aryl methyl sites for hydroxylation is 1. The molecule has 1 unspecified atom stereocenters. The maximum atomic E-state index is 13.2. The number of carbonyl (C=O) groups is 2. The lowest BCUT2D eigenvalue weighted by Gasteiger charge is -2.32. The molecule has 1 atom stereocenters. The van der Waals surface area contributed by atoms with Crippen LogP contribution < -0.4 is 5.32 Å². The van der Waals surface area contributed by atoms with Crippen molar-refractivity contribution >= 4 is 17.9 Å². The van der Waals surface area contributed by atoms with Crippen molar-refractivity contribution in [3.05, 3.63) is 113 Å². The van der Waals surface area contributed by atoms with Gasteiger partial charge in [-0.25, -0.2) is 0 Å². The van der Waals surface area contributed by atoms with Crippen molar-refractivity contribution in [2.45, 2.75) is 25.8 Å². The summed E-state index contributed by atoms with van der Waals surface area (Å²) >= 11 is 0. The Morgan fingerprint density at radius 1 is 0.848 bits per heavy atom. The number of piperidine rings is 1. The Labute approximate surface area is 195 Å². The van der Waals surface area contributed by atoms with Crippen molar-refractivity contribution in [1.82, 2.24) is 10.2 Å². The van der Waals surface area contributed by atoms with E-state index in [1.165, 1.54) is 5.56 Å². The van der Waals surface area contributed by atoms with Gasteiger partial charge in [0.05, 0.1) is 6.04 Å². The zero-order valence-corrected chi connectivity index (χ0v) is 19.0. The van der Waals surface area contributed by atoms with Crippen molar-refractivity contribution in [3.8, 4) is 0 Å². The Bertz CT molecular complexity index is 1080. The summed E-state index contributed by atoms with van der Waals surface area (Å²) in [5, 5.41) is 3.27. The Kier molecular flexibility index (Phi) is 7.36. The lowest BCUT2D eigenvalue weighted by molar-refractivity contribution is -0.132. The molecule has 1 fully saturated rings. The minimum absolute atomic E-state index is 0.000436. The number of benzene rings is 3. The van der Waals surface area contributed by atoms with Crippen LogP contribution in [-0.2, 0) is 9.59 Å². The van der Waals surface area contributed by atoms with Crippen molar-refractivity contribution in [1.29, 1.82) is 0 Å². The summed E-state index contributed by atoms with van der Waals surface area (Å²) in [7, 11) is 0. The standard InChI is InChI=1S/C29H30N2O2/c1-22-12-15-25(16-13-22)28(24-10-6-3-7-11-24)30-29(33)26-18-20-31(21-19-26)27(32)17-14-23-8-4-2-5-9-23/h2-17,26,28H,18-21H2,1H3,(H,30,33)/b17-14+. The molecular weight excluding hydrogens is 408 g/mol. The van der Waals surface area contributed by atoms with Crippen LogP contribution in [0.15, 0.2) is 91.0 Å². The monoisotopic (exact) mass is 438 g/mol. The van der Waals surface area contributed by atoms with Crippen LogP contribution in [0.4, 0.5) is 0 Å². The summed E-state index contributed by atoms with van der Waals surface area (Å²) in [6.07, 6.45) is 4.81. The van der Waals surface area contributed by atoms with Crippen LogP contribution in [0.2, 0.25) is 0 Å². The van der Waals surface area contributed by atoms with Gasteiger partial charge in [0.15, 0.2) is 0 Å². The summed E-state index contributed by atoms with van der Waals surface area (Å²) in [6.45, 7) is 3.25. The van der Waals surface area contributed by atoms with Gasteiger partial charge in [-0.05, 0) is 42.5 Å². The van der Waals surface area contributed by atoms with Crippen LogP contribution in [-0.4, -0.2) is 29.8 Å². The van der Waals surface area contributed by atoms with Crippen molar-refractivity contribution in [2.75, 3.05) is 13.1 Å². The molecule has 3 aromatic rings. The van der Waals surface area contributed by atoms with Gasteiger partial charge in [-0.3, -0.25) is 9.59 Å². The lowest BCUT2D eigenvalue weighted by Crippen LogP contribution is -2.43. The van der Waals surface area contributed by atoms with Gasteiger partial charge < -0.3 is 10.2 Å². The molecule has 0 radical (unpaired) electrons. The van der Waals surface area contributed by atoms with Gasteiger partial charge >= 0.3 is 0 Å². The van der Waals surface area contributed by atoms with Crippen LogP contribution in [0, 0.1) is 12.8 Å². The van der Waals surface area contributed by atoms with E-state index in [0.29, 0.717) is 25.9 Å². The molecule has 1 heterocycles. The van der Waals surface area contributed by atoms with Gasteiger partial charge in [0.1, 0.15) is 0 Å². The zero-order valence-electron chi connectivity index (χ0n) is 19.0. The molecule has 0 bridgehead atoms. The Morgan fingerprint density at radius 3 is 2.06 bits per heavy atom. The van der Waals surface area contributed by atoms with Gasteiger partial charge in [0.2, 0.25) is 11.8 Å². The number of nitrogens with zero attached hydrogens (tertiary/aromatic N) is 1.